The van der Waals surface area contributed by atoms with Crippen molar-refractivity contribution in [3.05, 3.63) is 35.4 Å². The molecule has 2 aliphatic carbocycles. The Kier molecular flexibility index (Phi) is 3.39. The lowest BCUT2D eigenvalue weighted by Gasteiger charge is -2.19. The molecule has 0 heterocycles. The predicted octanol–water partition coefficient (Wildman–Crippen LogP) is 2.95. The van der Waals surface area contributed by atoms with Gasteiger partial charge in [0, 0.05) is 5.92 Å². The highest BCUT2D eigenvalue weighted by Crippen LogP contribution is 2.54. The Hall–Kier alpha value is -1.64. The van der Waals surface area contributed by atoms with Crippen LogP contribution in [0.5, 0.6) is 0 Å². The van der Waals surface area contributed by atoms with Crippen LogP contribution in [0.1, 0.15) is 38.3 Å². The molecule has 0 aromatic heterocycles. The molecule has 0 bridgehead atoms. The van der Waals surface area contributed by atoms with Crippen molar-refractivity contribution in [3.8, 4) is 0 Å². The second-order valence-electron chi connectivity index (χ2n) is 7.26. The van der Waals surface area contributed by atoms with Gasteiger partial charge in [-0.15, -0.1) is 0 Å². The van der Waals surface area contributed by atoms with Crippen molar-refractivity contribution in [2.24, 2.45) is 17.8 Å². The van der Waals surface area contributed by atoms with Gasteiger partial charge in [-0.3, -0.25) is 9.59 Å². The highest BCUT2D eigenvalue weighted by atomic mass is 16.6. The Labute approximate surface area is 125 Å². The van der Waals surface area contributed by atoms with Crippen LogP contribution in [0.4, 0.5) is 0 Å². The van der Waals surface area contributed by atoms with Gasteiger partial charge in [-0.1, -0.05) is 24.3 Å². The molecular formula is C18H22O3. The molecule has 1 aromatic carbocycles. The maximum atomic E-state index is 12.3. The Balaban J connectivity index is 1.59. The van der Waals surface area contributed by atoms with E-state index >= 15 is 0 Å². The van der Waals surface area contributed by atoms with Crippen LogP contribution in [0.25, 0.3) is 0 Å². The minimum absolute atomic E-state index is 0.0601. The Morgan fingerprint density at radius 2 is 1.62 bits per heavy atom. The molecule has 1 aromatic rings. The number of rotatable bonds is 3. The highest BCUT2D eigenvalue weighted by molar-refractivity contribution is 5.98. The van der Waals surface area contributed by atoms with Gasteiger partial charge < -0.3 is 4.74 Å². The van der Waals surface area contributed by atoms with Gasteiger partial charge in [-0.05, 0) is 56.6 Å². The number of carbonyl (C=O) groups excluding carboxylic acids is 2. The van der Waals surface area contributed by atoms with Crippen molar-refractivity contribution in [3.63, 3.8) is 0 Å². The maximum absolute atomic E-state index is 12.3. The maximum Gasteiger partial charge on any atom is 0.313 e. The first-order valence-electron chi connectivity index (χ1n) is 7.66. The van der Waals surface area contributed by atoms with E-state index in [0.717, 1.165) is 12.8 Å². The van der Waals surface area contributed by atoms with Crippen LogP contribution in [-0.2, 0) is 27.2 Å². The van der Waals surface area contributed by atoms with Crippen LogP contribution in [0.15, 0.2) is 24.3 Å². The summed E-state index contributed by atoms with van der Waals surface area (Å²) in [5.74, 6) is 0.607. The molecule has 1 fully saturated rings. The summed E-state index contributed by atoms with van der Waals surface area (Å²) >= 11 is 0. The van der Waals surface area contributed by atoms with Gasteiger partial charge in [0.15, 0.2) is 0 Å². The SMILES string of the molecule is CC(C)(C)OC(=O)CC(=O)C1[C@H]2Cc3ccccc3C[C@@H]12. The summed E-state index contributed by atoms with van der Waals surface area (Å²) in [4.78, 5) is 24.1. The zero-order chi connectivity index (χ0) is 15.2. The van der Waals surface area contributed by atoms with Gasteiger partial charge in [0.1, 0.15) is 17.8 Å². The molecule has 2 aliphatic rings. The van der Waals surface area contributed by atoms with E-state index in [9.17, 15) is 9.59 Å². The van der Waals surface area contributed by atoms with Gasteiger partial charge in [0.25, 0.3) is 0 Å². The summed E-state index contributed by atoms with van der Waals surface area (Å²) in [5.41, 5.74) is 2.21. The van der Waals surface area contributed by atoms with E-state index < -0.39 is 11.6 Å². The van der Waals surface area contributed by atoms with E-state index in [2.05, 4.69) is 24.3 Å². The van der Waals surface area contributed by atoms with Gasteiger partial charge in [0.2, 0.25) is 0 Å². The molecule has 1 saturated carbocycles. The number of fused-ring (bicyclic) bond motifs is 2. The topological polar surface area (TPSA) is 43.4 Å². The van der Waals surface area contributed by atoms with Gasteiger partial charge in [-0.2, -0.15) is 0 Å². The molecule has 0 N–H and O–H groups in total. The summed E-state index contributed by atoms with van der Waals surface area (Å²) in [5, 5.41) is 0. The minimum Gasteiger partial charge on any atom is -0.460 e. The predicted molar refractivity (Wildman–Crippen MR) is 79.8 cm³/mol. The third kappa shape index (κ3) is 3.02. The number of Topliss-reactive ketones (excluding diaryl/α,β-unsaturated/α-hetero) is 1. The van der Waals surface area contributed by atoms with Crippen LogP contribution in [0.3, 0.4) is 0 Å². The van der Waals surface area contributed by atoms with Gasteiger partial charge >= 0.3 is 5.97 Å². The first-order chi connectivity index (χ1) is 9.85. The fraction of sp³-hybridized carbons (Fsp3) is 0.556. The number of hydrogen-bond donors (Lipinski definition) is 0. The van der Waals surface area contributed by atoms with E-state index in [1.807, 2.05) is 20.8 Å². The zero-order valence-corrected chi connectivity index (χ0v) is 12.9. The molecule has 3 nitrogen and oxygen atoms in total. The summed E-state index contributed by atoms with van der Waals surface area (Å²) < 4.78 is 5.24. The lowest BCUT2D eigenvalue weighted by molar-refractivity contribution is -0.156. The Morgan fingerprint density at radius 1 is 1.10 bits per heavy atom. The van der Waals surface area contributed by atoms with Crippen LogP contribution < -0.4 is 0 Å². The standard InChI is InChI=1S/C18H22O3/c1-18(2,3)21-16(20)10-15(19)17-13-8-11-6-4-5-7-12(11)9-14(13)17/h4-7,13-14,17H,8-10H2,1-3H3/t13-,14+,17?. The monoisotopic (exact) mass is 286 g/mol. The number of benzene rings is 1. The molecule has 3 atom stereocenters. The van der Waals surface area contributed by atoms with E-state index in [-0.39, 0.29) is 18.1 Å². The van der Waals surface area contributed by atoms with Crippen LogP contribution in [-0.4, -0.2) is 17.4 Å². The summed E-state index contributed by atoms with van der Waals surface area (Å²) in [7, 11) is 0. The molecule has 1 unspecified atom stereocenters. The van der Waals surface area contributed by atoms with Crippen molar-refractivity contribution in [1.82, 2.24) is 0 Å². The van der Waals surface area contributed by atoms with Crippen molar-refractivity contribution < 1.29 is 14.3 Å². The summed E-state index contributed by atoms with van der Waals surface area (Å²) in [6.45, 7) is 5.47. The van der Waals surface area contributed by atoms with Gasteiger partial charge in [-0.25, -0.2) is 0 Å². The number of esters is 1. The molecule has 0 amide bonds. The number of ketones is 1. The number of carbonyl (C=O) groups is 2. The van der Waals surface area contributed by atoms with Crippen molar-refractivity contribution >= 4 is 11.8 Å². The third-order valence-electron chi connectivity index (χ3n) is 4.47. The van der Waals surface area contributed by atoms with Crippen LogP contribution in [0, 0.1) is 17.8 Å². The van der Waals surface area contributed by atoms with E-state index in [1.165, 1.54) is 11.1 Å². The lowest BCUT2D eigenvalue weighted by Crippen LogP contribution is -2.25. The molecular weight excluding hydrogens is 264 g/mol. The average molecular weight is 286 g/mol. The average Bonchev–Trinajstić information content (AvgIpc) is 3.06. The van der Waals surface area contributed by atoms with Crippen LogP contribution >= 0.6 is 0 Å². The number of hydrogen-bond acceptors (Lipinski definition) is 3. The highest BCUT2D eigenvalue weighted by Gasteiger charge is 2.55. The zero-order valence-electron chi connectivity index (χ0n) is 12.9. The van der Waals surface area contributed by atoms with Crippen molar-refractivity contribution in [1.29, 1.82) is 0 Å². The molecule has 112 valence electrons. The first-order valence-corrected chi connectivity index (χ1v) is 7.66. The van der Waals surface area contributed by atoms with Crippen molar-refractivity contribution in [2.45, 2.75) is 45.6 Å². The number of ether oxygens (including phenoxy) is 1. The molecule has 0 aliphatic heterocycles. The fourth-order valence-corrected chi connectivity index (χ4v) is 3.58. The van der Waals surface area contributed by atoms with E-state index in [4.69, 9.17) is 4.74 Å². The Bertz CT molecular complexity index is 551. The molecule has 0 radical (unpaired) electrons. The molecule has 3 heteroatoms. The Morgan fingerprint density at radius 3 is 2.10 bits per heavy atom. The largest absolute Gasteiger partial charge is 0.460 e. The third-order valence-corrected chi connectivity index (χ3v) is 4.47. The molecule has 3 rings (SSSR count). The quantitative estimate of drug-likeness (QED) is 0.634. The first kappa shape index (κ1) is 14.3. The van der Waals surface area contributed by atoms with Crippen molar-refractivity contribution in [2.75, 3.05) is 0 Å². The summed E-state index contributed by atoms with van der Waals surface area (Å²) in [6, 6.07) is 8.41. The fourth-order valence-electron chi connectivity index (χ4n) is 3.58. The molecule has 0 saturated heterocycles. The molecule has 0 spiro atoms. The van der Waals surface area contributed by atoms with Gasteiger partial charge in [0.05, 0.1) is 0 Å². The summed E-state index contributed by atoms with van der Waals surface area (Å²) in [6.07, 6.45) is 1.88. The normalized spacial score (nSPS) is 26.5. The van der Waals surface area contributed by atoms with Crippen LogP contribution in [0.2, 0.25) is 0 Å². The lowest BCUT2D eigenvalue weighted by atomic mass is 9.92. The second-order valence-corrected chi connectivity index (χ2v) is 7.26. The van der Waals surface area contributed by atoms with E-state index in [0.29, 0.717) is 11.8 Å². The molecule has 21 heavy (non-hydrogen) atoms. The smallest absolute Gasteiger partial charge is 0.313 e. The minimum atomic E-state index is -0.524. The second kappa shape index (κ2) is 4.97. The van der Waals surface area contributed by atoms with E-state index in [1.54, 1.807) is 0 Å².